The molecule has 5 rings (SSSR count). The molecule has 4 aromatic carbocycles. The summed E-state index contributed by atoms with van der Waals surface area (Å²) in [6.07, 6.45) is 0. The molecule has 0 amide bonds. The van der Waals surface area contributed by atoms with Gasteiger partial charge in [-0.05, 0) is 47.5 Å². The number of aromatic nitrogens is 1. The topological polar surface area (TPSA) is 51.3 Å². The molecule has 4 nitrogen and oxygen atoms in total. The van der Waals surface area contributed by atoms with Crippen molar-refractivity contribution in [2.75, 3.05) is 5.43 Å². The highest BCUT2D eigenvalue weighted by molar-refractivity contribution is 5.80. The maximum absolute atomic E-state index is 13.0. The van der Waals surface area contributed by atoms with E-state index in [9.17, 15) is 5.11 Å². The van der Waals surface area contributed by atoms with E-state index in [1.54, 1.807) is 12.1 Å². The van der Waals surface area contributed by atoms with Crippen LogP contribution in [0.4, 0.5) is 5.69 Å². The molecule has 0 spiro atoms. The molecule has 0 radical (unpaired) electrons. The second kappa shape index (κ2) is 9.84. The Balaban J connectivity index is 1.73. The third-order valence-electron chi connectivity index (χ3n) is 5.51. The van der Waals surface area contributed by atoms with E-state index in [0.717, 1.165) is 33.6 Å². The van der Waals surface area contributed by atoms with Gasteiger partial charge >= 0.3 is 0 Å². The highest BCUT2D eigenvalue weighted by atomic mass is 16.3. The Morgan fingerprint density at radius 1 is 0.529 bits per heavy atom. The molecule has 1 heterocycles. The summed E-state index contributed by atoms with van der Waals surface area (Å²) >= 11 is 0. The number of rotatable bonds is 5. The summed E-state index contributed by atoms with van der Waals surface area (Å²) in [6, 6.07) is 43.3. The maximum Gasteiger partial charge on any atom is 0.244 e. The number of nitrogens with zero attached hydrogens (tertiary/aromatic N) is 2. The molecule has 0 bridgehead atoms. The van der Waals surface area contributed by atoms with E-state index in [4.69, 9.17) is 0 Å². The van der Waals surface area contributed by atoms with Gasteiger partial charge in [0.1, 0.15) is 6.02 Å². The van der Waals surface area contributed by atoms with E-state index in [1.165, 1.54) is 0 Å². The first kappa shape index (κ1) is 21.2. The summed E-state index contributed by atoms with van der Waals surface area (Å²) in [5.41, 5.74) is 9.46. The molecule has 5 aromatic rings. The molecule has 0 atom stereocenters. The first-order valence-corrected chi connectivity index (χ1v) is 11.1. The second-order valence-electron chi connectivity index (χ2n) is 7.81. The van der Waals surface area contributed by atoms with Crippen LogP contribution in [0.25, 0.3) is 33.6 Å². The minimum Gasteiger partial charge on any atom is -0.842 e. The summed E-state index contributed by atoms with van der Waals surface area (Å²) in [6.45, 7) is 0. The fraction of sp³-hybridized carbons (Fsp3) is 0. The van der Waals surface area contributed by atoms with Crippen LogP contribution in [-0.2, 0) is 0 Å². The monoisotopic (exact) mass is 441 g/mol. The van der Waals surface area contributed by atoms with Crippen LogP contribution in [0.5, 0.6) is 0 Å². The molecule has 0 saturated carbocycles. The Hall–Kier alpha value is -4.70. The van der Waals surface area contributed by atoms with Crippen molar-refractivity contribution in [1.82, 2.24) is 0 Å². The van der Waals surface area contributed by atoms with Crippen molar-refractivity contribution < 1.29 is 9.78 Å². The number of pyridine rings is 1. The molecule has 0 saturated heterocycles. The average Bonchev–Trinajstić information content (AvgIpc) is 2.91. The zero-order chi connectivity index (χ0) is 23.2. The summed E-state index contributed by atoms with van der Waals surface area (Å²) < 4.78 is 1.83. The number of para-hydroxylation sites is 1. The van der Waals surface area contributed by atoms with Gasteiger partial charge in [-0.25, -0.2) is 4.99 Å². The van der Waals surface area contributed by atoms with Crippen molar-refractivity contribution in [2.45, 2.75) is 0 Å². The molecule has 0 unspecified atom stereocenters. The highest BCUT2D eigenvalue weighted by Crippen LogP contribution is 2.28. The molecular formula is C30H23N3O. The zero-order valence-corrected chi connectivity index (χ0v) is 18.5. The Bertz CT molecular complexity index is 1340. The van der Waals surface area contributed by atoms with E-state index in [0.29, 0.717) is 5.69 Å². The van der Waals surface area contributed by atoms with E-state index < -0.39 is 6.02 Å². The fourth-order valence-electron chi connectivity index (χ4n) is 3.90. The zero-order valence-electron chi connectivity index (χ0n) is 18.5. The fourth-order valence-corrected chi connectivity index (χ4v) is 3.90. The van der Waals surface area contributed by atoms with Gasteiger partial charge < -0.3 is 5.11 Å². The Morgan fingerprint density at radius 3 is 1.41 bits per heavy atom. The standard InChI is InChI=1S/C30H23N3O/c34-30(31-27-19-11-4-12-20-27)32-33-28(24-15-7-2-8-16-24)21-26(23-13-5-1-6-14-23)22-29(33)25-17-9-3-10-18-25/h1-22H,(H-,31,32,34). The number of hydrogen-bond acceptors (Lipinski definition) is 2. The lowest BCUT2D eigenvalue weighted by Gasteiger charge is -2.15. The summed E-state index contributed by atoms with van der Waals surface area (Å²) in [5.74, 6) is 0. The van der Waals surface area contributed by atoms with E-state index in [2.05, 4.69) is 34.7 Å². The van der Waals surface area contributed by atoms with Gasteiger partial charge in [-0.2, -0.15) is 5.43 Å². The van der Waals surface area contributed by atoms with Crippen molar-refractivity contribution in [3.63, 3.8) is 0 Å². The molecular weight excluding hydrogens is 418 g/mol. The van der Waals surface area contributed by atoms with E-state index in [1.807, 2.05) is 102 Å². The number of amidine groups is 1. The van der Waals surface area contributed by atoms with Gasteiger partial charge in [0.15, 0.2) is 0 Å². The van der Waals surface area contributed by atoms with Crippen molar-refractivity contribution in [2.24, 2.45) is 4.99 Å². The van der Waals surface area contributed by atoms with Gasteiger partial charge in [0.2, 0.25) is 11.4 Å². The number of aliphatic imine (C=N–C) groups is 1. The van der Waals surface area contributed by atoms with Crippen LogP contribution in [0, 0.1) is 0 Å². The molecule has 4 heteroatoms. The largest absolute Gasteiger partial charge is 0.842 e. The van der Waals surface area contributed by atoms with Gasteiger partial charge in [-0.1, -0.05) is 89.6 Å². The van der Waals surface area contributed by atoms with Gasteiger partial charge in [-0.3, -0.25) is 0 Å². The summed E-state index contributed by atoms with van der Waals surface area (Å²) in [7, 11) is 0. The van der Waals surface area contributed by atoms with Crippen LogP contribution in [0.3, 0.4) is 0 Å². The molecule has 0 aliphatic rings. The van der Waals surface area contributed by atoms with E-state index in [-0.39, 0.29) is 0 Å². The van der Waals surface area contributed by atoms with Crippen LogP contribution in [0.1, 0.15) is 0 Å². The maximum atomic E-state index is 13.0. The Morgan fingerprint density at radius 2 is 0.941 bits per heavy atom. The van der Waals surface area contributed by atoms with Crippen LogP contribution >= 0.6 is 0 Å². The van der Waals surface area contributed by atoms with Crippen molar-refractivity contribution in [3.8, 4) is 33.6 Å². The molecule has 0 aliphatic heterocycles. The Labute approximate surface area is 199 Å². The lowest BCUT2D eigenvalue weighted by molar-refractivity contribution is -0.622. The minimum absolute atomic E-state index is 0.446. The third-order valence-corrected chi connectivity index (χ3v) is 5.51. The average molecular weight is 442 g/mol. The van der Waals surface area contributed by atoms with E-state index >= 15 is 0 Å². The van der Waals surface area contributed by atoms with Crippen LogP contribution in [0.15, 0.2) is 138 Å². The van der Waals surface area contributed by atoms with Crippen LogP contribution < -0.4 is 15.2 Å². The Kier molecular flexibility index (Phi) is 6.12. The number of benzene rings is 4. The van der Waals surface area contributed by atoms with Crippen molar-refractivity contribution in [1.29, 1.82) is 0 Å². The van der Waals surface area contributed by atoms with Crippen LogP contribution in [0.2, 0.25) is 0 Å². The predicted octanol–water partition coefficient (Wildman–Crippen LogP) is 5.57. The molecule has 0 fully saturated rings. The lowest BCUT2D eigenvalue weighted by atomic mass is 10.00. The number of hydrogen-bond donors (Lipinski definition) is 1. The van der Waals surface area contributed by atoms with Gasteiger partial charge in [0.25, 0.3) is 0 Å². The highest BCUT2D eigenvalue weighted by Gasteiger charge is 2.23. The number of nitrogens with one attached hydrogen (secondary N) is 1. The van der Waals surface area contributed by atoms with Crippen molar-refractivity contribution >= 4 is 11.7 Å². The first-order valence-electron chi connectivity index (χ1n) is 11.1. The molecule has 34 heavy (non-hydrogen) atoms. The van der Waals surface area contributed by atoms with Gasteiger partial charge in [-0.15, -0.1) is 0 Å². The molecule has 164 valence electrons. The predicted molar refractivity (Wildman–Crippen MR) is 136 cm³/mol. The van der Waals surface area contributed by atoms with Crippen LogP contribution in [-0.4, -0.2) is 6.02 Å². The summed E-state index contributed by atoms with van der Waals surface area (Å²) in [5, 5.41) is 13.0. The molecule has 1 aromatic heterocycles. The molecule has 0 aliphatic carbocycles. The van der Waals surface area contributed by atoms with Gasteiger partial charge in [0, 0.05) is 23.3 Å². The summed E-state index contributed by atoms with van der Waals surface area (Å²) in [4.78, 5) is 4.23. The smallest absolute Gasteiger partial charge is 0.244 e. The normalized spacial score (nSPS) is 11.2. The van der Waals surface area contributed by atoms with Crippen molar-refractivity contribution in [3.05, 3.63) is 133 Å². The minimum atomic E-state index is -0.446. The lowest BCUT2D eigenvalue weighted by Crippen LogP contribution is -2.55. The van der Waals surface area contributed by atoms with Gasteiger partial charge in [0.05, 0.1) is 5.69 Å². The quantitative estimate of drug-likeness (QED) is 0.220. The first-order chi connectivity index (χ1) is 16.8. The second-order valence-corrected chi connectivity index (χ2v) is 7.81. The SMILES string of the molecule is [O-]C(=Nc1ccccc1)N[n+]1c(-c2ccccc2)cc(-c2ccccc2)cc1-c1ccccc1. The molecule has 1 N–H and O–H groups in total. The third kappa shape index (κ3) is 4.71.